The van der Waals surface area contributed by atoms with Crippen LogP contribution in [0.5, 0.6) is 0 Å². The molecule has 0 unspecified atom stereocenters. The van der Waals surface area contributed by atoms with Gasteiger partial charge in [0.2, 0.25) is 27.5 Å². The van der Waals surface area contributed by atoms with Gasteiger partial charge in [0.05, 0.1) is 4.90 Å². The molecule has 126 valence electrons. The Bertz CT molecular complexity index is 873. The minimum absolute atomic E-state index is 0.197. The molecule has 0 saturated carbocycles. The summed E-state index contributed by atoms with van der Waals surface area (Å²) in [4.78, 5) is 6.45. The van der Waals surface area contributed by atoms with Crippen molar-refractivity contribution >= 4 is 15.9 Å². The van der Waals surface area contributed by atoms with Crippen LogP contribution < -0.4 is 4.90 Å². The Labute approximate surface area is 141 Å². The largest absolute Gasteiger partial charge is 0.419 e. The van der Waals surface area contributed by atoms with Gasteiger partial charge < -0.3 is 9.32 Å². The molecule has 7 nitrogen and oxygen atoms in total. The molecule has 0 atom stereocenters. The van der Waals surface area contributed by atoms with E-state index in [-0.39, 0.29) is 10.6 Å². The molecule has 2 aromatic rings. The van der Waals surface area contributed by atoms with Crippen LogP contribution in [0.4, 0.5) is 5.88 Å². The van der Waals surface area contributed by atoms with Crippen molar-refractivity contribution in [2.45, 2.75) is 17.7 Å². The minimum atomic E-state index is -3.47. The van der Waals surface area contributed by atoms with E-state index in [0.29, 0.717) is 17.3 Å². The van der Waals surface area contributed by atoms with Crippen LogP contribution in [0.15, 0.2) is 33.6 Å². The van der Waals surface area contributed by atoms with E-state index in [1.54, 1.807) is 12.1 Å². The van der Waals surface area contributed by atoms with E-state index in [0.717, 1.165) is 30.2 Å². The molecule has 24 heavy (non-hydrogen) atoms. The summed E-state index contributed by atoms with van der Waals surface area (Å²) >= 11 is 0. The van der Waals surface area contributed by atoms with Crippen LogP contribution >= 0.6 is 0 Å². The molecule has 1 aromatic heterocycles. The van der Waals surface area contributed by atoms with E-state index in [4.69, 9.17) is 4.42 Å². The van der Waals surface area contributed by atoms with Crippen LogP contribution in [0, 0.1) is 11.3 Å². The molecule has 0 aliphatic carbocycles. The maximum Gasteiger partial charge on any atom is 0.242 e. The van der Waals surface area contributed by atoms with Crippen molar-refractivity contribution in [1.29, 1.82) is 5.26 Å². The SMILES string of the molecule is CN(C)S(=O)(=O)c1ccc(-c2nc(C#N)c(N3CCCC3)o2)cc1. The fourth-order valence-corrected chi connectivity index (χ4v) is 3.52. The number of nitriles is 1. The topological polar surface area (TPSA) is 90.4 Å². The summed E-state index contributed by atoms with van der Waals surface area (Å²) in [6, 6.07) is 8.36. The molecule has 1 aliphatic rings. The lowest BCUT2D eigenvalue weighted by atomic mass is 10.2. The molecule has 0 N–H and O–H groups in total. The van der Waals surface area contributed by atoms with E-state index in [1.165, 1.54) is 26.2 Å². The molecule has 1 aliphatic heterocycles. The van der Waals surface area contributed by atoms with E-state index in [9.17, 15) is 13.7 Å². The van der Waals surface area contributed by atoms with E-state index in [1.807, 2.05) is 4.90 Å². The predicted molar refractivity (Wildman–Crippen MR) is 89.0 cm³/mol. The van der Waals surface area contributed by atoms with Crippen LogP contribution in [0.2, 0.25) is 0 Å². The molecular formula is C16H18N4O3S. The van der Waals surface area contributed by atoms with Crippen molar-refractivity contribution in [2.24, 2.45) is 0 Å². The monoisotopic (exact) mass is 346 g/mol. The van der Waals surface area contributed by atoms with Gasteiger partial charge in [-0.25, -0.2) is 12.7 Å². The zero-order valence-electron chi connectivity index (χ0n) is 13.6. The Morgan fingerprint density at radius 3 is 2.38 bits per heavy atom. The Morgan fingerprint density at radius 1 is 1.21 bits per heavy atom. The maximum atomic E-state index is 12.1. The van der Waals surface area contributed by atoms with E-state index in [2.05, 4.69) is 11.1 Å². The first-order valence-electron chi connectivity index (χ1n) is 7.62. The third-order valence-electron chi connectivity index (χ3n) is 3.99. The molecule has 0 radical (unpaired) electrons. The molecule has 1 aromatic carbocycles. The fraction of sp³-hybridized carbons (Fsp3) is 0.375. The fourth-order valence-electron chi connectivity index (χ4n) is 2.62. The van der Waals surface area contributed by atoms with Gasteiger partial charge in [0.15, 0.2) is 0 Å². The van der Waals surface area contributed by atoms with Gasteiger partial charge in [-0.15, -0.1) is 0 Å². The first-order chi connectivity index (χ1) is 11.4. The smallest absolute Gasteiger partial charge is 0.242 e. The number of anilines is 1. The molecule has 0 bridgehead atoms. The van der Waals surface area contributed by atoms with E-state index >= 15 is 0 Å². The van der Waals surface area contributed by atoms with Crippen molar-refractivity contribution in [2.75, 3.05) is 32.1 Å². The van der Waals surface area contributed by atoms with Gasteiger partial charge in [-0.05, 0) is 37.1 Å². The number of rotatable bonds is 4. The van der Waals surface area contributed by atoms with Crippen LogP contribution in [-0.4, -0.2) is 44.9 Å². The molecule has 1 fully saturated rings. The Morgan fingerprint density at radius 2 is 1.83 bits per heavy atom. The number of nitrogens with zero attached hydrogens (tertiary/aromatic N) is 4. The Kier molecular flexibility index (Phi) is 4.30. The molecule has 8 heteroatoms. The second-order valence-electron chi connectivity index (χ2n) is 5.79. The third kappa shape index (κ3) is 2.88. The van der Waals surface area contributed by atoms with Gasteiger partial charge in [0.25, 0.3) is 0 Å². The molecule has 1 saturated heterocycles. The second kappa shape index (κ2) is 6.26. The standard InChI is InChI=1S/C16H18N4O3S/c1-19(2)24(21,22)13-7-5-12(6-8-13)15-18-14(11-17)16(23-15)20-9-3-4-10-20/h5-8H,3-4,9-10H2,1-2H3. The van der Waals surface area contributed by atoms with E-state index < -0.39 is 10.0 Å². The highest BCUT2D eigenvalue weighted by Crippen LogP contribution is 2.30. The summed E-state index contributed by atoms with van der Waals surface area (Å²) in [7, 11) is -0.505. The number of hydrogen-bond acceptors (Lipinski definition) is 6. The number of hydrogen-bond donors (Lipinski definition) is 0. The third-order valence-corrected chi connectivity index (χ3v) is 5.82. The van der Waals surface area contributed by atoms with Crippen LogP contribution in [0.1, 0.15) is 18.5 Å². The molecule has 0 spiro atoms. The quantitative estimate of drug-likeness (QED) is 0.842. The van der Waals surface area contributed by atoms with Crippen molar-refractivity contribution in [1.82, 2.24) is 9.29 Å². The zero-order chi connectivity index (χ0) is 17.3. The first-order valence-corrected chi connectivity index (χ1v) is 9.06. The zero-order valence-corrected chi connectivity index (χ0v) is 14.4. The highest BCUT2D eigenvalue weighted by Gasteiger charge is 2.23. The lowest BCUT2D eigenvalue weighted by Gasteiger charge is -2.12. The lowest BCUT2D eigenvalue weighted by molar-refractivity contribution is 0.520. The predicted octanol–water partition coefficient (Wildman–Crippen LogP) is 2.06. The van der Waals surface area contributed by atoms with Crippen molar-refractivity contribution < 1.29 is 12.8 Å². The summed E-state index contributed by atoms with van der Waals surface area (Å²) in [6.45, 7) is 1.70. The van der Waals surface area contributed by atoms with Gasteiger partial charge in [-0.2, -0.15) is 10.2 Å². The summed E-state index contributed by atoms with van der Waals surface area (Å²) in [6.07, 6.45) is 2.13. The summed E-state index contributed by atoms with van der Waals surface area (Å²) < 4.78 is 31.1. The average Bonchev–Trinajstić information content (AvgIpc) is 3.23. The second-order valence-corrected chi connectivity index (χ2v) is 7.94. The highest BCUT2D eigenvalue weighted by molar-refractivity contribution is 7.89. The maximum absolute atomic E-state index is 12.1. The Balaban J connectivity index is 1.94. The lowest BCUT2D eigenvalue weighted by Crippen LogP contribution is -2.22. The van der Waals surface area contributed by atoms with Crippen molar-refractivity contribution in [3.63, 3.8) is 0 Å². The minimum Gasteiger partial charge on any atom is -0.419 e. The van der Waals surface area contributed by atoms with Gasteiger partial charge in [0.1, 0.15) is 6.07 Å². The van der Waals surface area contributed by atoms with Gasteiger partial charge in [-0.1, -0.05) is 0 Å². The van der Waals surface area contributed by atoms with Crippen LogP contribution in [-0.2, 0) is 10.0 Å². The van der Waals surface area contributed by atoms with Gasteiger partial charge in [-0.3, -0.25) is 0 Å². The highest BCUT2D eigenvalue weighted by atomic mass is 32.2. The van der Waals surface area contributed by atoms with Gasteiger partial charge >= 0.3 is 0 Å². The molecule has 2 heterocycles. The van der Waals surface area contributed by atoms with Crippen molar-refractivity contribution in [3.8, 4) is 17.5 Å². The summed E-state index contributed by atoms with van der Waals surface area (Å²) in [5.74, 6) is 0.817. The molecular weight excluding hydrogens is 328 g/mol. The number of benzene rings is 1. The summed E-state index contributed by atoms with van der Waals surface area (Å²) in [5, 5.41) is 9.27. The number of oxazole rings is 1. The average molecular weight is 346 g/mol. The molecule has 3 rings (SSSR count). The molecule has 0 amide bonds. The number of aromatic nitrogens is 1. The Hall–Kier alpha value is -2.37. The summed E-state index contributed by atoms with van der Waals surface area (Å²) in [5.41, 5.74) is 0.895. The van der Waals surface area contributed by atoms with Crippen LogP contribution in [0.3, 0.4) is 0 Å². The van der Waals surface area contributed by atoms with Gasteiger partial charge in [0, 0.05) is 32.7 Å². The first kappa shape index (κ1) is 16.5. The van der Waals surface area contributed by atoms with Crippen LogP contribution in [0.25, 0.3) is 11.5 Å². The number of sulfonamides is 1. The normalized spacial score (nSPS) is 15.0. The van der Waals surface area contributed by atoms with Crippen molar-refractivity contribution in [3.05, 3.63) is 30.0 Å².